The van der Waals surface area contributed by atoms with E-state index < -0.39 is 23.9 Å². The molecule has 82 heavy (non-hydrogen) atoms. The molecule has 0 N–H and O–H groups in total. The van der Waals surface area contributed by atoms with Gasteiger partial charge in [-0.05, 0) is 134 Å². The van der Waals surface area contributed by atoms with E-state index in [1.807, 2.05) is 133 Å². The summed E-state index contributed by atoms with van der Waals surface area (Å²) in [6.45, 7) is 23.5. The summed E-state index contributed by atoms with van der Waals surface area (Å²) in [4.78, 5) is 51.4. The number of ether oxygens (including phenoxy) is 10. The van der Waals surface area contributed by atoms with E-state index in [4.69, 9.17) is 47.4 Å². The third-order valence-corrected chi connectivity index (χ3v) is 12.3. The zero-order valence-electron chi connectivity index (χ0n) is 47.6. The van der Waals surface area contributed by atoms with Gasteiger partial charge in [-0.2, -0.15) is 0 Å². The summed E-state index contributed by atoms with van der Waals surface area (Å²) in [7, 11) is 3.28. The van der Waals surface area contributed by atoms with Crippen molar-refractivity contribution in [1.82, 2.24) is 0 Å². The lowest BCUT2D eigenvalue weighted by atomic mass is 10.0. The number of nitrogens with zero attached hydrogens (tertiary/aromatic N) is 2. The van der Waals surface area contributed by atoms with E-state index in [0.717, 1.165) is 67.5 Å². The predicted octanol–water partition coefficient (Wildman–Crippen LogP) is 12.9. The second kappa shape index (κ2) is 31.8. The van der Waals surface area contributed by atoms with Gasteiger partial charge in [0.15, 0.2) is 0 Å². The smallest absolute Gasteiger partial charge is 0.333 e. The first-order valence-electron chi connectivity index (χ1n) is 26.5. The molecule has 0 unspecified atom stereocenters. The van der Waals surface area contributed by atoms with Gasteiger partial charge in [-0.25, -0.2) is 19.2 Å². The lowest BCUT2D eigenvalue weighted by Gasteiger charge is -2.28. The number of benzene rings is 6. The molecule has 0 saturated heterocycles. The Morgan fingerprint density at radius 2 is 0.573 bits per heavy atom. The number of carbonyl (C=O) groups is 4. The highest BCUT2D eigenvalue weighted by Gasteiger charge is 2.22. The minimum Gasteiger partial charge on any atom is -0.495 e. The van der Waals surface area contributed by atoms with E-state index in [9.17, 15) is 19.2 Å². The van der Waals surface area contributed by atoms with Gasteiger partial charge in [0, 0.05) is 45.0 Å². The molecule has 0 aliphatic carbocycles. The van der Waals surface area contributed by atoms with Crippen LogP contribution < -0.4 is 19.3 Å². The summed E-state index contributed by atoms with van der Waals surface area (Å²) in [6.07, 6.45) is 0. The van der Waals surface area contributed by atoms with Crippen molar-refractivity contribution in [3.8, 4) is 22.6 Å². The molecule has 0 heterocycles. The van der Waals surface area contributed by atoms with E-state index in [-0.39, 0.29) is 52.9 Å². The predicted molar refractivity (Wildman–Crippen MR) is 316 cm³/mol. The average molecular weight is 1120 g/mol. The Kier molecular flexibility index (Phi) is 24.2. The Bertz CT molecular complexity index is 2780. The molecule has 16 nitrogen and oxygen atoms in total. The summed E-state index contributed by atoms with van der Waals surface area (Å²) in [6, 6.07) is 44.1. The second-order valence-electron chi connectivity index (χ2n) is 19.0. The first-order chi connectivity index (χ1) is 39.6. The van der Waals surface area contributed by atoms with Gasteiger partial charge in [0.2, 0.25) is 0 Å². The molecule has 0 aliphatic rings. The molecular formula is C66H72N2O14. The van der Waals surface area contributed by atoms with Gasteiger partial charge >= 0.3 is 23.9 Å². The van der Waals surface area contributed by atoms with Gasteiger partial charge < -0.3 is 57.2 Å². The number of anilines is 6. The summed E-state index contributed by atoms with van der Waals surface area (Å²) in [5.41, 5.74) is 11.7. The van der Waals surface area contributed by atoms with Crippen molar-refractivity contribution in [3.63, 3.8) is 0 Å². The van der Waals surface area contributed by atoms with Crippen molar-refractivity contribution in [3.05, 3.63) is 204 Å². The molecule has 0 atom stereocenters. The average Bonchev–Trinajstić information content (AvgIpc) is 3.54. The van der Waals surface area contributed by atoms with Crippen molar-refractivity contribution in [2.24, 2.45) is 0 Å². The highest BCUT2D eigenvalue weighted by Crippen LogP contribution is 2.45. The zero-order chi connectivity index (χ0) is 59.0. The Morgan fingerprint density at radius 3 is 0.780 bits per heavy atom. The van der Waals surface area contributed by atoms with E-state index in [2.05, 4.69) is 36.1 Å². The highest BCUT2D eigenvalue weighted by molar-refractivity contribution is 5.89. The fourth-order valence-corrected chi connectivity index (χ4v) is 7.93. The van der Waals surface area contributed by atoms with Crippen molar-refractivity contribution in [2.45, 2.75) is 54.1 Å². The maximum absolute atomic E-state index is 11.8. The molecule has 0 aliphatic heterocycles. The number of hydrogen-bond donors (Lipinski definition) is 0. The van der Waals surface area contributed by atoms with Crippen LogP contribution in [-0.4, -0.2) is 91.0 Å². The Balaban J connectivity index is 1.27. The number of rotatable bonds is 33. The van der Waals surface area contributed by atoms with Crippen LogP contribution in [0.5, 0.6) is 11.5 Å². The van der Waals surface area contributed by atoms with Crippen LogP contribution in [0.2, 0.25) is 0 Å². The molecule has 16 heteroatoms. The standard InChI is InChI=1S/C66H72N2O14/c1-45(2)63(69)79-35-31-75-41-49-11-21-55(22-12-49)67(56-23-13-50(14-24-56)42-76-32-36-80-64(70)46(3)4)59-29-19-53(39-61(59)73-9)54-20-30-60(62(40-54)74-10)68(57-25-15-51(16-26-57)43-77-33-37-81-65(71)47(5)6)58-27-17-52(18-28-58)44-78-34-38-82-66(72)48(7)8/h11-30,39-40H,1,3,5,7,31-38,41-44H2,2,4,6,8-10H3. The van der Waals surface area contributed by atoms with Crippen LogP contribution in [0.15, 0.2) is 182 Å². The SMILES string of the molecule is C=C(C)C(=O)OCCOCc1ccc(N(c2ccc(COCCOC(=O)C(=C)C)cc2)c2ccc(-c3ccc(N(c4ccc(COCCOC(=O)C(=C)C)cc4)c4ccc(COCCOC(=O)C(=C)C)cc4)c(OC)c3)cc2OC)cc1. The minimum absolute atomic E-state index is 0.117. The first-order valence-corrected chi connectivity index (χ1v) is 26.5. The molecule has 6 aromatic carbocycles. The van der Waals surface area contributed by atoms with Crippen LogP contribution in [0.3, 0.4) is 0 Å². The van der Waals surface area contributed by atoms with Crippen molar-refractivity contribution in [2.75, 3.05) is 76.9 Å². The van der Waals surface area contributed by atoms with Crippen LogP contribution in [0.1, 0.15) is 49.9 Å². The van der Waals surface area contributed by atoms with Crippen LogP contribution in [-0.2, 0) is 83.5 Å². The second-order valence-corrected chi connectivity index (χ2v) is 19.0. The lowest BCUT2D eigenvalue weighted by Crippen LogP contribution is -2.13. The fourth-order valence-electron chi connectivity index (χ4n) is 7.93. The topological polar surface area (TPSA) is 167 Å². The highest BCUT2D eigenvalue weighted by atomic mass is 16.6. The molecule has 6 rings (SSSR count). The van der Waals surface area contributed by atoms with E-state index in [0.29, 0.717) is 60.2 Å². The monoisotopic (exact) mass is 1120 g/mol. The van der Waals surface area contributed by atoms with Crippen LogP contribution in [0, 0.1) is 0 Å². The fraction of sp³-hybridized carbons (Fsp3) is 0.273. The van der Waals surface area contributed by atoms with Gasteiger partial charge in [-0.1, -0.05) is 87.0 Å². The summed E-state index contributed by atoms with van der Waals surface area (Å²) >= 11 is 0. The van der Waals surface area contributed by atoms with Gasteiger partial charge in [0.05, 0.1) is 78.4 Å². The molecule has 0 bridgehead atoms. The van der Waals surface area contributed by atoms with E-state index in [1.165, 1.54) is 0 Å². The summed E-state index contributed by atoms with van der Waals surface area (Å²) < 4.78 is 56.3. The molecule has 0 aromatic heterocycles. The molecule has 0 radical (unpaired) electrons. The molecular weight excluding hydrogens is 1040 g/mol. The van der Waals surface area contributed by atoms with Crippen molar-refractivity contribution < 1.29 is 66.5 Å². The molecule has 0 fully saturated rings. The Hall–Kier alpha value is -8.80. The van der Waals surface area contributed by atoms with Crippen LogP contribution in [0.4, 0.5) is 34.1 Å². The summed E-state index contributed by atoms with van der Waals surface area (Å²) in [5, 5.41) is 0. The maximum Gasteiger partial charge on any atom is 0.333 e. The molecule has 6 aromatic rings. The molecule has 0 saturated carbocycles. The van der Waals surface area contributed by atoms with Crippen molar-refractivity contribution >= 4 is 58.0 Å². The van der Waals surface area contributed by atoms with Crippen LogP contribution >= 0.6 is 0 Å². The van der Waals surface area contributed by atoms with Crippen LogP contribution in [0.25, 0.3) is 11.1 Å². The van der Waals surface area contributed by atoms with E-state index >= 15 is 0 Å². The normalized spacial score (nSPS) is 10.8. The van der Waals surface area contributed by atoms with Gasteiger partial charge in [-0.3, -0.25) is 0 Å². The van der Waals surface area contributed by atoms with Crippen molar-refractivity contribution in [1.29, 1.82) is 0 Å². The Labute approximate surface area is 480 Å². The maximum atomic E-state index is 11.8. The summed E-state index contributed by atoms with van der Waals surface area (Å²) in [5.74, 6) is -0.623. The number of esters is 4. The van der Waals surface area contributed by atoms with Gasteiger partial charge in [0.25, 0.3) is 0 Å². The van der Waals surface area contributed by atoms with Gasteiger partial charge in [0.1, 0.15) is 37.9 Å². The first kappa shape index (κ1) is 62.4. The molecule has 430 valence electrons. The quantitative estimate of drug-likeness (QED) is 0.0165. The third-order valence-electron chi connectivity index (χ3n) is 12.3. The molecule has 0 amide bonds. The molecule has 0 spiro atoms. The number of methoxy groups -OCH3 is 2. The largest absolute Gasteiger partial charge is 0.495 e. The number of carbonyl (C=O) groups excluding carboxylic acids is 4. The van der Waals surface area contributed by atoms with Gasteiger partial charge in [-0.15, -0.1) is 0 Å². The van der Waals surface area contributed by atoms with E-state index in [1.54, 1.807) is 41.9 Å². The Morgan fingerprint density at radius 1 is 0.341 bits per heavy atom. The third kappa shape index (κ3) is 18.6. The number of hydrogen-bond acceptors (Lipinski definition) is 16. The lowest BCUT2D eigenvalue weighted by molar-refractivity contribution is -0.141. The minimum atomic E-state index is -0.456. The zero-order valence-corrected chi connectivity index (χ0v) is 47.6.